The Morgan fingerprint density at radius 3 is 2.62 bits per heavy atom. The van der Waals surface area contributed by atoms with Gasteiger partial charge in [-0.2, -0.15) is 5.10 Å². The molecule has 0 radical (unpaired) electrons. The average Bonchev–Trinajstić information content (AvgIpc) is 2.75. The number of aryl methyl sites for hydroxylation is 1. The lowest BCUT2D eigenvalue weighted by Gasteiger charge is -2.17. The van der Waals surface area contributed by atoms with Gasteiger partial charge in [-0.15, -0.1) is 0 Å². The van der Waals surface area contributed by atoms with Crippen LogP contribution in [0.5, 0.6) is 0 Å². The summed E-state index contributed by atoms with van der Waals surface area (Å²) in [5.41, 5.74) is 1.09. The van der Waals surface area contributed by atoms with Crippen LogP contribution in [0.1, 0.15) is 31.7 Å². The number of aromatic amines is 1. The molecule has 1 atom stereocenters. The Labute approximate surface area is 127 Å². The maximum Gasteiger partial charge on any atom is 0.244 e. The first kappa shape index (κ1) is 18.1. The second kappa shape index (κ2) is 7.88. The van der Waals surface area contributed by atoms with Crippen LogP contribution in [-0.4, -0.2) is 56.7 Å². The third-order valence-corrected chi connectivity index (χ3v) is 4.93. The molecule has 0 aliphatic carbocycles. The molecule has 0 saturated carbocycles. The van der Waals surface area contributed by atoms with Crippen LogP contribution in [-0.2, 0) is 16.6 Å². The van der Waals surface area contributed by atoms with Crippen LogP contribution in [0.4, 0.5) is 0 Å². The maximum atomic E-state index is 12.5. The molecule has 0 spiro atoms. The van der Waals surface area contributed by atoms with E-state index in [4.69, 9.17) is 0 Å². The van der Waals surface area contributed by atoms with Gasteiger partial charge in [0.15, 0.2) is 0 Å². The fourth-order valence-corrected chi connectivity index (χ4v) is 3.67. The van der Waals surface area contributed by atoms with E-state index in [2.05, 4.69) is 20.2 Å². The van der Waals surface area contributed by atoms with E-state index in [1.165, 1.54) is 0 Å². The monoisotopic (exact) mass is 317 g/mol. The number of hydrogen-bond donors (Lipinski definition) is 3. The normalized spacial score (nSPS) is 13.8. The largest absolute Gasteiger partial charge is 0.311 e. The lowest BCUT2D eigenvalue weighted by Crippen LogP contribution is -2.35. The van der Waals surface area contributed by atoms with E-state index >= 15 is 0 Å². The highest BCUT2D eigenvalue weighted by Gasteiger charge is 2.25. The molecule has 0 aromatic carbocycles. The first-order chi connectivity index (χ1) is 9.77. The van der Waals surface area contributed by atoms with E-state index in [0.717, 1.165) is 19.5 Å². The summed E-state index contributed by atoms with van der Waals surface area (Å²) in [4.78, 5) is 2.30. The Bertz CT molecular complexity index is 539. The summed E-state index contributed by atoms with van der Waals surface area (Å²) in [6, 6.07) is -0.126. The van der Waals surface area contributed by atoms with E-state index in [9.17, 15) is 8.42 Å². The zero-order chi connectivity index (χ0) is 16.0. The van der Waals surface area contributed by atoms with Crippen molar-refractivity contribution in [2.45, 2.75) is 44.7 Å². The molecule has 7 nitrogen and oxygen atoms in total. The van der Waals surface area contributed by atoms with Gasteiger partial charge in [0.25, 0.3) is 0 Å². The highest BCUT2D eigenvalue weighted by atomic mass is 32.2. The Kier molecular flexibility index (Phi) is 6.79. The fourth-order valence-electron chi connectivity index (χ4n) is 2.02. The minimum absolute atomic E-state index is 0.126. The van der Waals surface area contributed by atoms with Crippen molar-refractivity contribution in [3.05, 3.63) is 11.4 Å². The van der Waals surface area contributed by atoms with Gasteiger partial charge in [-0.1, -0.05) is 6.92 Å². The van der Waals surface area contributed by atoms with Gasteiger partial charge in [0.05, 0.1) is 11.4 Å². The molecule has 1 heterocycles. The second-order valence-electron chi connectivity index (χ2n) is 5.52. The molecule has 1 aromatic heterocycles. The van der Waals surface area contributed by atoms with Gasteiger partial charge in [0.1, 0.15) is 4.90 Å². The number of sulfonamides is 1. The number of H-pyrrole nitrogens is 1. The minimum Gasteiger partial charge on any atom is -0.311 e. The Morgan fingerprint density at radius 1 is 1.38 bits per heavy atom. The van der Waals surface area contributed by atoms with Crippen molar-refractivity contribution < 1.29 is 8.42 Å². The SMILES string of the molecule is CCNCc1n[nH]c(C)c1S(=O)(=O)NC(C)CCN(C)C. The molecule has 1 aromatic rings. The lowest BCUT2D eigenvalue weighted by molar-refractivity contribution is 0.379. The van der Waals surface area contributed by atoms with Crippen LogP contribution < -0.4 is 10.0 Å². The molecule has 1 rings (SSSR count). The van der Waals surface area contributed by atoms with Crippen molar-refractivity contribution in [1.29, 1.82) is 0 Å². The van der Waals surface area contributed by atoms with Crippen molar-refractivity contribution in [2.24, 2.45) is 0 Å². The zero-order valence-electron chi connectivity index (χ0n) is 13.5. The van der Waals surface area contributed by atoms with Crippen molar-refractivity contribution >= 4 is 10.0 Å². The maximum absolute atomic E-state index is 12.5. The number of hydrogen-bond acceptors (Lipinski definition) is 5. The van der Waals surface area contributed by atoms with Crippen molar-refractivity contribution in [2.75, 3.05) is 27.2 Å². The third-order valence-electron chi connectivity index (χ3n) is 3.14. The Hall–Kier alpha value is -0.960. The summed E-state index contributed by atoms with van der Waals surface area (Å²) < 4.78 is 27.8. The van der Waals surface area contributed by atoms with E-state index in [1.807, 2.05) is 32.8 Å². The summed E-state index contributed by atoms with van der Waals surface area (Å²) in [5.74, 6) is 0. The molecule has 0 saturated heterocycles. The topological polar surface area (TPSA) is 90.1 Å². The summed E-state index contributed by atoms with van der Waals surface area (Å²) in [6.45, 7) is 7.59. The van der Waals surface area contributed by atoms with Crippen LogP contribution in [0.2, 0.25) is 0 Å². The number of nitrogens with one attached hydrogen (secondary N) is 3. The van der Waals surface area contributed by atoms with Gasteiger partial charge in [-0.3, -0.25) is 5.10 Å². The molecule has 1 unspecified atom stereocenters. The van der Waals surface area contributed by atoms with Gasteiger partial charge in [-0.25, -0.2) is 13.1 Å². The first-order valence-corrected chi connectivity index (χ1v) is 8.67. The van der Waals surface area contributed by atoms with Gasteiger partial charge in [0.2, 0.25) is 10.0 Å². The minimum atomic E-state index is -3.56. The van der Waals surface area contributed by atoms with Crippen LogP contribution in [0, 0.1) is 6.92 Å². The molecule has 0 fully saturated rings. The molecule has 0 amide bonds. The van der Waals surface area contributed by atoms with Gasteiger partial charge < -0.3 is 10.2 Å². The lowest BCUT2D eigenvalue weighted by atomic mass is 10.2. The smallest absolute Gasteiger partial charge is 0.244 e. The number of aromatic nitrogens is 2. The highest BCUT2D eigenvalue weighted by molar-refractivity contribution is 7.89. The van der Waals surface area contributed by atoms with Gasteiger partial charge in [-0.05, 0) is 47.5 Å². The molecule has 3 N–H and O–H groups in total. The Morgan fingerprint density at radius 2 is 2.05 bits per heavy atom. The second-order valence-corrected chi connectivity index (χ2v) is 7.17. The first-order valence-electron chi connectivity index (χ1n) is 7.19. The summed E-state index contributed by atoms with van der Waals surface area (Å²) in [7, 11) is 0.378. The van der Waals surface area contributed by atoms with Crippen LogP contribution in [0.15, 0.2) is 4.90 Å². The van der Waals surface area contributed by atoms with Gasteiger partial charge >= 0.3 is 0 Å². The predicted molar refractivity (Wildman–Crippen MR) is 83.7 cm³/mol. The van der Waals surface area contributed by atoms with Crippen molar-refractivity contribution in [1.82, 2.24) is 25.1 Å². The van der Waals surface area contributed by atoms with E-state index in [1.54, 1.807) is 6.92 Å². The van der Waals surface area contributed by atoms with Crippen molar-refractivity contribution in [3.8, 4) is 0 Å². The highest BCUT2D eigenvalue weighted by Crippen LogP contribution is 2.18. The Balaban J connectivity index is 2.84. The van der Waals surface area contributed by atoms with E-state index < -0.39 is 10.0 Å². The number of rotatable bonds is 9. The quantitative estimate of drug-likeness (QED) is 0.615. The van der Waals surface area contributed by atoms with Crippen LogP contribution in [0.3, 0.4) is 0 Å². The van der Waals surface area contributed by atoms with Gasteiger partial charge in [0, 0.05) is 12.6 Å². The summed E-state index contributed by atoms with van der Waals surface area (Å²) in [5, 5.41) is 9.95. The standard InChI is InChI=1S/C13H27N5O2S/c1-6-14-9-12-13(11(3)15-16-12)21(19,20)17-10(2)7-8-18(4)5/h10,14,17H,6-9H2,1-5H3,(H,15,16). The molecule has 21 heavy (non-hydrogen) atoms. The molecular formula is C13H27N5O2S. The molecule has 8 heteroatoms. The summed E-state index contributed by atoms with van der Waals surface area (Å²) in [6.07, 6.45) is 0.756. The molecule has 122 valence electrons. The molecule has 0 aliphatic rings. The predicted octanol–water partition coefficient (Wildman–Crippen LogP) is 0.446. The van der Waals surface area contributed by atoms with E-state index in [0.29, 0.717) is 17.9 Å². The molecule has 0 aliphatic heterocycles. The number of nitrogens with zero attached hydrogens (tertiary/aromatic N) is 2. The molecule has 0 bridgehead atoms. The van der Waals surface area contributed by atoms with Crippen LogP contribution >= 0.6 is 0 Å². The third kappa shape index (κ3) is 5.39. The van der Waals surface area contributed by atoms with E-state index in [-0.39, 0.29) is 10.9 Å². The van der Waals surface area contributed by atoms with Crippen LogP contribution in [0.25, 0.3) is 0 Å². The average molecular weight is 317 g/mol. The molecular weight excluding hydrogens is 290 g/mol. The summed E-state index contributed by atoms with van der Waals surface area (Å²) >= 11 is 0. The fraction of sp³-hybridized carbons (Fsp3) is 0.769. The van der Waals surface area contributed by atoms with Crippen molar-refractivity contribution in [3.63, 3.8) is 0 Å². The zero-order valence-corrected chi connectivity index (χ0v) is 14.3.